The van der Waals surface area contributed by atoms with Crippen LogP contribution in [0.2, 0.25) is 0 Å². The first-order chi connectivity index (χ1) is 11.8. The third-order valence-electron chi connectivity index (χ3n) is 4.12. The Morgan fingerprint density at radius 2 is 1.60 bits per heavy atom. The Kier molecular flexibility index (Phi) is 10.4. The van der Waals surface area contributed by atoms with E-state index in [-0.39, 0.29) is 11.8 Å². The average Bonchev–Trinajstić information content (AvgIpc) is 2.86. The second kappa shape index (κ2) is 11.1. The van der Waals surface area contributed by atoms with Gasteiger partial charge in [-0.1, -0.05) is 64.1 Å². The minimum atomic E-state index is 0.155. The molecule has 1 aromatic carbocycles. The second-order valence-electron chi connectivity index (χ2n) is 7.07. The van der Waals surface area contributed by atoms with Crippen LogP contribution in [0.15, 0.2) is 36.5 Å². The summed E-state index contributed by atoms with van der Waals surface area (Å²) in [5.41, 5.74) is 3.41. The predicted octanol–water partition coefficient (Wildman–Crippen LogP) is 4.97. The van der Waals surface area contributed by atoms with Crippen LogP contribution in [0.5, 0.6) is 0 Å². The van der Waals surface area contributed by atoms with Gasteiger partial charge in [-0.05, 0) is 12.5 Å². The van der Waals surface area contributed by atoms with Gasteiger partial charge in [-0.25, -0.2) is 0 Å². The Bertz CT molecular complexity index is 526. The van der Waals surface area contributed by atoms with E-state index in [1.54, 1.807) is 0 Å². The van der Waals surface area contributed by atoms with E-state index in [2.05, 4.69) is 58.9 Å². The van der Waals surface area contributed by atoms with Crippen LogP contribution in [0.4, 0.5) is 0 Å². The Balaban J connectivity index is 0.00000134. The van der Waals surface area contributed by atoms with E-state index >= 15 is 0 Å². The first-order valence-corrected chi connectivity index (χ1v) is 9.64. The molecule has 3 heteroatoms. The number of carbonyl (C=O) groups is 1. The molecule has 1 atom stereocenters. The molecule has 0 aromatic heterocycles. The van der Waals surface area contributed by atoms with Crippen molar-refractivity contribution in [3.05, 3.63) is 47.7 Å². The molecule has 1 fully saturated rings. The van der Waals surface area contributed by atoms with E-state index in [0.29, 0.717) is 6.42 Å². The maximum Gasteiger partial charge on any atom is 0.227 e. The number of allylic oxidation sites excluding steroid dienone is 1. The van der Waals surface area contributed by atoms with E-state index in [1.165, 1.54) is 11.1 Å². The van der Waals surface area contributed by atoms with E-state index in [4.69, 9.17) is 0 Å². The van der Waals surface area contributed by atoms with Crippen LogP contribution >= 0.6 is 0 Å². The fraction of sp³-hybridized carbons (Fsp3) is 0.591. The van der Waals surface area contributed by atoms with E-state index in [1.807, 2.05) is 32.6 Å². The first-order valence-electron chi connectivity index (χ1n) is 9.64. The number of rotatable bonds is 5. The number of amides is 1. The lowest BCUT2D eigenvalue weighted by molar-refractivity contribution is -0.870. The van der Waals surface area contributed by atoms with Crippen molar-refractivity contribution >= 4 is 5.91 Å². The lowest BCUT2D eigenvalue weighted by Gasteiger charge is -2.26. The van der Waals surface area contributed by atoms with Crippen LogP contribution in [0, 0.1) is 6.92 Å². The van der Waals surface area contributed by atoms with Gasteiger partial charge in [0.2, 0.25) is 5.91 Å². The summed E-state index contributed by atoms with van der Waals surface area (Å²) >= 11 is 0. The van der Waals surface area contributed by atoms with Gasteiger partial charge in [0, 0.05) is 31.0 Å². The Labute approximate surface area is 155 Å². The van der Waals surface area contributed by atoms with Gasteiger partial charge in [-0.3, -0.25) is 4.79 Å². The minimum Gasteiger partial charge on any atom is -0.331 e. The van der Waals surface area contributed by atoms with Gasteiger partial charge >= 0.3 is 0 Å². The summed E-state index contributed by atoms with van der Waals surface area (Å²) in [5, 5.41) is 0. The molecule has 3 nitrogen and oxygen atoms in total. The zero-order valence-electron chi connectivity index (χ0n) is 17.7. The Hall–Kier alpha value is -1.61. The molecule has 1 aliphatic heterocycles. The van der Waals surface area contributed by atoms with Crippen molar-refractivity contribution in [3.63, 3.8) is 0 Å². The maximum atomic E-state index is 12.3. The summed E-state index contributed by atoms with van der Waals surface area (Å²) < 4.78 is 0.926. The highest BCUT2D eigenvalue weighted by Crippen LogP contribution is 2.36. The summed E-state index contributed by atoms with van der Waals surface area (Å²) in [6, 6.07) is 8.45. The summed E-state index contributed by atoms with van der Waals surface area (Å²) in [7, 11) is 6.53. The largest absolute Gasteiger partial charge is 0.331 e. The number of nitrogens with zero attached hydrogens (tertiary/aromatic N) is 2. The van der Waals surface area contributed by atoms with Crippen molar-refractivity contribution in [1.29, 1.82) is 0 Å². The zero-order chi connectivity index (χ0) is 19.6. The van der Waals surface area contributed by atoms with Crippen molar-refractivity contribution in [1.82, 2.24) is 4.90 Å². The van der Waals surface area contributed by atoms with Gasteiger partial charge in [0.15, 0.2) is 0 Å². The molecule has 2 rings (SSSR count). The maximum absolute atomic E-state index is 12.3. The van der Waals surface area contributed by atoms with Crippen LogP contribution in [-0.4, -0.2) is 49.5 Å². The normalized spacial score (nSPS) is 16.8. The van der Waals surface area contributed by atoms with Gasteiger partial charge in [-0.15, -0.1) is 0 Å². The molecule has 1 aromatic rings. The number of aryl methyl sites for hydroxylation is 1. The van der Waals surface area contributed by atoms with Gasteiger partial charge < -0.3 is 9.38 Å². The lowest BCUT2D eigenvalue weighted by atomic mass is 9.95. The highest BCUT2D eigenvalue weighted by molar-refractivity contribution is 5.83. The molecule has 0 bridgehead atoms. The fourth-order valence-corrected chi connectivity index (χ4v) is 2.83. The average molecular weight is 348 g/mol. The molecule has 0 saturated carbocycles. The molecule has 1 saturated heterocycles. The molecule has 1 unspecified atom stereocenters. The number of likely N-dealkylation sites (tertiary alicyclic amines) is 1. The van der Waals surface area contributed by atoms with Crippen LogP contribution in [0.3, 0.4) is 0 Å². The molecule has 0 N–H and O–H groups in total. The van der Waals surface area contributed by atoms with Crippen LogP contribution < -0.4 is 0 Å². The monoisotopic (exact) mass is 347 g/mol. The number of benzene rings is 1. The molecular weight excluding hydrogens is 308 g/mol. The molecule has 0 radical (unpaired) electrons. The molecule has 0 spiro atoms. The quantitative estimate of drug-likeness (QED) is 0.688. The molecule has 142 valence electrons. The Morgan fingerprint density at radius 1 is 1.08 bits per heavy atom. The summed E-state index contributed by atoms with van der Waals surface area (Å²) in [4.78, 5) is 14.1. The van der Waals surface area contributed by atoms with E-state index < -0.39 is 0 Å². The molecular formula is C22H39N2O+. The third kappa shape index (κ3) is 7.43. The van der Waals surface area contributed by atoms with E-state index in [0.717, 1.165) is 29.7 Å². The van der Waals surface area contributed by atoms with Crippen LogP contribution in [0.1, 0.15) is 57.6 Å². The SMILES string of the molecule is C=C1C(c2ccc(C)cc2)CC(=O)N1CCC[N+](C)(C)C.CC.CC. The van der Waals surface area contributed by atoms with Crippen molar-refractivity contribution < 1.29 is 9.28 Å². The third-order valence-corrected chi connectivity index (χ3v) is 4.12. The number of hydrogen-bond acceptors (Lipinski definition) is 1. The van der Waals surface area contributed by atoms with E-state index in [9.17, 15) is 4.79 Å². The number of hydrogen-bond donors (Lipinski definition) is 0. The first kappa shape index (κ1) is 23.4. The topological polar surface area (TPSA) is 20.3 Å². The standard InChI is InChI=1S/C18H27N2O.2C2H6/c1-14-7-9-16(10-8-14)17-13-18(21)19(15(17)2)11-6-12-20(3,4)5;2*1-2/h7-10,17H,2,6,11-13H2,1,3-5H3;2*1-2H3/q+1;;. The molecule has 1 aliphatic rings. The Morgan fingerprint density at radius 3 is 2.08 bits per heavy atom. The number of quaternary nitrogens is 1. The van der Waals surface area contributed by atoms with Crippen molar-refractivity contribution in [2.24, 2.45) is 0 Å². The van der Waals surface area contributed by atoms with Gasteiger partial charge in [0.25, 0.3) is 0 Å². The van der Waals surface area contributed by atoms with Gasteiger partial charge in [-0.2, -0.15) is 0 Å². The number of carbonyl (C=O) groups excluding carboxylic acids is 1. The minimum absolute atomic E-state index is 0.155. The molecule has 0 aliphatic carbocycles. The van der Waals surface area contributed by atoms with Crippen molar-refractivity contribution in [2.45, 2.75) is 53.4 Å². The highest BCUT2D eigenvalue weighted by atomic mass is 16.2. The lowest BCUT2D eigenvalue weighted by Crippen LogP contribution is -2.37. The second-order valence-corrected chi connectivity index (χ2v) is 7.07. The zero-order valence-corrected chi connectivity index (χ0v) is 17.7. The smallest absolute Gasteiger partial charge is 0.227 e. The van der Waals surface area contributed by atoms with Gasteiger partial charge in [0.1, 0.15) is 0 Å². The molecule has 1 amide bonds. The fourth-order valence-electron chi connectivity index (χ4n) is 2.83. The summed E-state index contributed by atoms with van der Waals surface area (Å²) in [6.07, 6.45) is 1.57. The summed E-state index contributed by atoms with van der Waals surface area (Å²) in [6.45, 7) is 16.1. The van der Waals surface area contributed by atoms with Gasteiger partial charge in [0.05, 0.1) is 27.7 Å². The van der Waals surface area contributed by atoms with Crippen molar-refractivity contribution in [2.75, 3.05) is 34.2 Å². The molecule has 25 heavy (non-hydrogen) atoms. The highest BCUT2D eigenvalue weighted by Gasteiger charge is 2.34. The van der Waals surface area contributed by atoms with Crippen molar-refractivity contribution in [3.8, 4) is 0 Å². The van der Waals surface area contributed by atoms with Crippen LogP contribution in [0.25, 0.3) is 0 Å². The van der Waals surface area contributed by atoms with Crippen LogP contribution in [-0.2, 0) is 4.79 Å². The summed E-state index contributed by atoms with van der Waals surface area (Å²) in [5.74, 6) is 0.370. The molecule has 1 heterocycles. The predicted molar refractivity (Wildman–Crippen MR) is 110 cm³/mol.